The molecule has 3 aliphatic rings. The Labute approximate surface area is 600 Å². The molecule has 17 aromatic carbocycles. The zero-order valence-corrected chi connectivity index (χ0v) is 57.7. The Bertz CT molecular complexity index is 7290. The van der Waals surface area contributed by atoms with Gasteiger partial charge in [-0.15, -0.1) is 22.7 Å². The van der Waals surface area contributed by atoms with Crippen LogP contribution in [0.25, 0.3) is 183 Å². The zero-order valence-electron chi connectivity index (χ0n) is 56.0. The van der Waals surface area contributed by atoms with Crippen molar-refractivity contribution in [3.8, 4) is 55.6 Å². The lowest BCUT2D eigenvalue weighted by Crippen LogP contribution is -2.15. The Morgan fingerprint density at radius 3 is 1.61 bits per heavy atom. The predicted octanol–water partition coefficient (Wildman–Crippen LogP) is 29.1. The van der Waals surface area contributed by atoms with Gasteiger partial charge in [0.2, 0.25) is 0 Å². The topological polar surface area (TPSA) is 32.8 Å². The van der Waals surface area contributed by atoms with E-state index in [2.05, 4.69) is 327 Å². The first-order chi connectivity index (χ1) is 50.8. The molecule has 0 radical (unpaired) electrons. The molecule has 0 aliphatic heterocycles. The Hall–Kier alpha value is -12.6. The lowest BCUT2D eigenvalue weighted by Gasteiger charge is -2.26. The fraction of sp³-hybridized carbons (Fsp3) is 0.0309. The van der Waals surface area contributed by atoms with E-state index >= 15 is 0 Å². The number of rotatable bonds is 8. The van der Waals surface area contributed by atoms with Gasteiger partial charge >= 0.3 is 0 Å². The second-order valence-corrected chi connectivity index (χ2v) is 30.6. The third kappa shape index (κ3) is 8.10. The van der Waals surface area contributed by atoms with Gasteiger partial charge in [0.05, 0.1) is 0 Å². The fourth-order valence-electron chi connectivity index (χ4n) is 18.2. The Balaban J connectivity index is 0.000000126. The molecular weight excluding hydrogens is 1290 g/mol. The minimum Gasteiger partial charge on any atom is -0.456 e. The second kappa shape index (κ2) is 21.2. The quantitative estimate of drug-likeness (QED) is 0.142. The summed E-state index contributed by atoms with van der Waals surface area (Å²) in [5.74, 6) is 0. The highest BCUT2D eigenvalue weighted by atomic mass is 32.1. The standard InChI is InChI=1S/C49H31NOS.C48H27NOS/c1-49(2)38-18-9-16-34-35-17-10-20-42-45(35)48-43(52-42)27-37(36-23-24-39(49)47(44(34)38)46(36)48)28-11-8-14-30(25-28)50(29-12-4-3-5-13-29)31-21-22-33-32-15-6-7-19-40(32)51-41(33)26-31;1-2-10-32(11-3-1)49(34-20-21-36-31(27-34)17-16-28-8-4-5-13-35(28)36)33-12-6-9-30(26-33)37-22-25-42-48-44(37)38-14-7-15-39-45(38)46-40(50-39)23-18-29-19-24-41(51-42)47(48)43(29)46/h3-27H,1-2H3;1-27H. The predicted molar refractivity (Wildman–Crippen MR) is 439 cm³/mol. The number of nitrogens with zero attached hydrogens (tertiary/aromatic N) is 2. The smallest absolute Gasteiger partial charge is 0.137 e. The van der Waals surface area contributed by atoms with Crippen molar-refractivity contribution in [3.63, 3.8) is 0 Å². The first-order valence-corrected chi connectivity index (χ1v) is 37.1. The van der Waals surface area contributed by atoms with Gasteiger partial charge in [-0.1, -0.05) is 208 Å². The summed E-state index contributed by atoms with van der Waals surface area (Å²) in [5, 5.41) is 20.5. The maximum Gasteiger partial charge on any atom is 0.137 e. The summed E-state index contributed by atoms with van der Waals surface area (Å²) in [6.07, 6.45) is 0. The highest BCUT2D eigenvalue weighted by Gasteiger charge is 2.41. The number of hydrogen-bond acceptors (Lipinski definition) is 6. The fourth-order valence-corrected chi connectivity index (χ4v) is 20.5. The molecule has 0 fully saturated rings. The molecule has 0 saturated heterocycles. The van der Waals surface area contributed by atoms with Gasteiger partial charge in [0.25, 0.3) is 0 Å². The van der Waals surface area contributed by atoms with Gasteiger partial charge in [0, 0.05) is 113 Å². The molecule has 4 aromatic heterocycles. The van der Waals surface area contributed by atoms with E-state index in [4.69, 9.17) is 8.83 Å². The van der Waals surface area contributed by atoms with Crippen LogP contribution in [-0.4, -0.2) is 0 Å². The molecule has 3 aliphatic carbocycles. The molecule has 0 atom stereocenters. The van der Waals surface area contributed by atoms with Crippen LogP contribution in [-0.2, 0) is 5.41 Å². The third-order valence-electron chi connectivity index (χ3n) is 22.7. The highest BCUT2D eigenvalue weighted by molar-refractivity contribution is 7.26. The van der Waals surface area contributed by atoms with Gasteiger partial charge < -0.3 is 18.6 Å². The number of fused-ring (bicyclic) bond motifs is 8. The van der Waals surface area contributed by atoms with Crippen LogP contribution in [0.5, 0.6) is 0 Å². The highest BCUT2D eigenvalue weighted by Crippen LogP contribution is 2.61. The number of hydrogen-bond donors (Lipinski definition) is 0. The summed E-state index contributed by atoms with van der Waals surface area (Å²) in [6.45, 7) is 4.80. The van der Waals surface area contributed by atoms with Gasteiger partial charge in [0.1, 0.15) is 22.3 Å². The molecule has 24 rings (SSSR count). The number of furan rings is 2. The second-order valence-electron chi connectivity index (χ2n) is 28.5. The summed E-state index contributed by atoms with van der Waals surface area (Å²) < 4.78 is 18.2. The largest absolute Gasteiger partial charge is 0.456 e. The van der Waals surface area contributed by atoms with Crippen molar-refractivity contribution >= 4 is 184 Å². The van der Waals surface area contributed by atoms with Crippen LogP contribution in [0.15, 0.2) is 324 Å². The van der Waals surface area contributed by atoms with Crippen molar-refractivity contribution in [1.29, 1.82) is 0 Å². The zero-order chi connectivity index (χ0) is 67.5. The summed E-state index contributed by atoms with van der Waals surface area (Å²) in [6, 6.07) is 116. The minimum atomic E-state index is -0.0737. The molecule has 0 spiro atoms. The number of para-hydroxylation sites is 3. The first kappa shape index (κ1) is 57.2. The van der Waals surface area contributed by atoms with Crippen LogP contribution in [0.2, 0.25) is 0 Å². The first-order valence-electron chi connectivity index (χ1n) is 35.4. The molecule has 4 heterocycles. The van der Waals surface area contributed by atoms with Crippen molar-refractivity contribution in [2.75, 3.05) is 9.80 Å². The summed E-state index contributed by atoms with van der Waals surface area (Å²) in [4.78, 5) is 4.73. The molecule has 21 aromatic rings. The molecule has 0 saturated carbocycles. The summed E-state index contributed by atoms with van der Waals surface area (Å²) in [5.41, 5.74) is 26.1. The van der Waals surface area contributed by atoms with E-state index < -0.39 is 0 Å². The van der Waals surface area contributed by atoms with Crippen molar-refractivity contribution in [2.45, 2.75) is 19.3 Å². The van der Waals surface area contributed by atoms with E-state index in [0.717, 1.165) is 67.2 Å². The lowest BCUT2D eigenvalue weighted by atomic mass is 9.80. The average molecular weight is 1350 g/mol. The Morgan fingerprint density at radius 2 is 0.786 bits per heavy atom. The lowest BCUT2D eigenvalue weighted by molar-refractivity contribution is 0.661. The van der Waals surface area contributed by atoms with Gasteiger partial charge in [-0.2, -0.15) is 0 Å². The molecule has 0 bridgehead atoms. The van der Waals surface area contributed by atoms with E-state index in [1.165, 1.54) is 161 Å². The van der Waals surface area contributed by atoms with Crippen LogP contribution in [0.3, 0.4) is 0 Å². The molecule has 6 heteroatoms. The molecule has 4 nitrogen and oxygen atoms in total. The minimum absolute atomic E-state index is 0.0737. The van der Waals surface area contributed by atoms with Crippen molar-refractivity contribution in [1.82, 2.24) is 0 Å². The molecule has 0 N–H and O–H groups in total. The van der Waals surface area contributed by atoms with E-state index in [1.54, 1.807) is 0 Å². The van der Waals surface area contributed by atoms with Crippen molar-refractivity contribution in [3.05, 3.63) is 327 Å². The molecule has 0 unspecified atom stereocenters. The van der Waals surface area contributed by atoms with Crippen molar-refractivity contribution < 1.29 is 8.83 Å². The van der Waals surface area contributed by atoms with E-state index in [1.807, 2.05) is 34.8 Å². The van der Waals surface area contributed by atoms with Crippen LogP contribution in [0.4, 0.5) is 34.1 Å². The van der Waals surface area contributed by atoms with Crippen LogP contribution >= 0.6 is 22.7 Å². The van der Waals surface area contributed by atoms with Crippen LogP contribution in [0.1, 0.15) is 25.0 Å². The molecule has 0 amide bonds. The van der Waals surface area contributed by atoms with Gasteiger partial charge in [-0.25, -0.2) is 0 Å². The number of benzene rings is 17. The summed E-state index contributed by atoms with van der Waals surface area (Å²) >= 11 is 3.82. The number of anilines is 6. The molecular formula is C97H58N2O2S2. The third-order valence-corrected chi connectivity index (χ3v) is 24.9. The van der Waals surface area contributed by atoms with E-state index in [0.29, 0.717) is 0 Å². The number of thiophene rings is 2. The monoisotopic (exact) mass is 1350 g/mol. The SMILES string of the molecule is CC1(C)c2cccc3c2-c2c1ccc1c(-c4cccc(N(c5ccccc5)c5ccc6c(c5)oc5ccccc56)c4)cc4sc5cccc-3c5c4c21.c1ccc(N(c2cccc(-c3ccc4sc5ccc6ccc7oc8cccc9c8c7c6c5c4c3-9)c2)c2ccc3c(ccc4ccccc43)c2)cc1. The summed E-state index contributed by atoms with van der Waals surface area (Å²) in [7, 11) is 0. The van der Waals surface area contributed by atoms with E-state index in [9.17, 15) is 0 Å². The Kier molecular flexibility index (Phi) is 11.8. The average Bonchev–Trinajstić information content (AvgIpc) is 1.53. The Morgan fingerprint density at radius 1 is 0.243 bits per heavy atom. The normalized spacial score (nSPS) is 13.0. The van der Waals surface area contributed by atoms with Crippen LogP contribution < -0.4 is 9.80 Å². The molecule has 103 heavy (non-hydrogen) atoms. The van der Waals surface area contributed by atoms with Gasteiger partial charge in [0.15, 0.2) is 0 Å². The molecule has 480 valence electrons. The van der Waals surface area contributed by atoms with Gasteiger partial charge in [-0.05, 0) is 220 Å². The van der Waals surface area contributed by atoms with Crippen molar-refractivity contribution in [2.24, 2.45) is 0 Å². The van der Waals surface area contributed by atoms with E-state index in [-0.39, 0.29) is 5.41 Å². The van der Waals surface area contributed by atoms with Crippen LogP contribution in [0, 0.1) is 0 Å². The maximum absolute atomic E-state index is 6.54. The van der Waals surface area contributed by atoms with Gasteiger partial charge in [-0.3, -0.25) is 0 Å². The maximum atomic E-state index is 6.54.